The number of unbranched alkanes of at least 4 members (excludes halogenated alkanes) is 1. The highest BCUT2D eigenvalue weighted by molar-refractivity contribution is 5.99. The van der Waals surface area contributed by atoms with Crippen LogP contribution in [-0.2, 0) is 19.1 Å². The zero-order chi connectivity index (χ0) is 15.1. The summed E-state index contributed by atoms with van der Waals surface area (Å²) >= 11 is 0. The first-order chi connectivity index (χ1) is 8.77. The second kappa shape index (κ2) is 8.18. The van der Waals surface area contributed by atoms with E-state index < -0.39 is 17.4 Å². The predicted molar refractivity (Wildman–Crippen MR) is 74.7 cm³/mol. The molecular weight excluding hydrogens is 244 g/mol. The van der Waals surface area contributed by atoms with Crippen molar-refractivity contribution in [3.63, 3.8) is 0 Å². The first kappa shape index (κ1) is 17.9. The number of ether oxygens (including phenoxy) is 2. The van der Waals surface area contributed by atoms with E-state index in [9.17, 15) is 9.59 Å². The maximum absolute atomic E-state index is 12.1. The Kier molecular flexibility index (Phi) is 7.72. The fraction of sp³-hybridized carbons (Fsp3) is 0.867. The van der Waals surface area contributed by atoms with Gasteiger partial charge in [-0.2, -0.15) is 0 Å². The molecule has 4 heteroatoms. The average Bonchev–Trinajstić information content (AvgIpc) is 2.35. The normalized spacial score (nSPS) is 13.2. The summed E-state index contributed by atoms with van der Waals surface area (Å²) in [6, 6.07) is 0. The standard InChI is InChI=1S/C15H28O4/c1-7-9-10-18-13(16)15(5,6)14(17)19-12(8-2)11(3)4/h11-12H,7-10H2,1-6H3. The van der Waals surface area contributed by atoms with Crippen molar-refractivity contribution in [1.82, 2.24) is 0 Å². The van der Waals surface area contributed by atoms with Gasteiger partial charge in [0.05, 0.1) is 6.61 Å². The minimum Gasteiger partial charge on any atom is -0.465 e. The largest absolute Gasteiger partial charge is 0.465 e. The molecule has 0 saturated carbocycles. The van der Waals surface area contributed by atoms with Gasteiger partial charge in [0, 0.05) is 0 Å². The topological polar surface area (TPSA) is 52.6 Å². The Bertz CT molecular complexity index is 295. The molecule has 0 aliphatic carbocycles. The Morgan fingerprint density at radius 1 is 1.11 bits per heavy atom. The van der Waals surface area contributed by atoms with Crippen molar-refractivity contribution in [1.29, 1.82) is 0 Å². The molecule has 0 spiro atoms. The summed E-state index contributed by atoms with van der Waals surface area (Å²) < 4.78 is 10.5. The molecule has 4 nitrogen and oxygen atoms in total. The molecule has 0 saturated heterocycles. The summed E-state index contributed by atoms with van der Waals surface area (Å²) in [6.45, 7) is 11.4. The summed E-state index contributed by atoms with van der Waals surface area (Å²) in [5.74, 6) is -0.778. The Balaban J connectivity index is 4.53. The lowest BCUT2D eigenvalue weighted by Gasteiger charge is -2.26. The Hall–Kier alpha value is -1.06. The lowest BCUT2D eigenvalue weighted by molar-refractivity contribution is -0.174. The maximum Gasteiger partial charge on any atom is 0.323 e. The summed E-state index contributed by atoms with van der Waals surface area (Å²) in [5.41, 5.74) is -1.24. The van der Waals surface area contributed by atoms with Crippen LogP contribution in [0.3, 0.4) is 0 Å². The van der Waals surface area contributed by atoms with Crippen molar-refractivity contribution in [2.75, 3.05) is 6.61 Å². The van der Waals surface area contributed by atoms with E-state index in [0.29, 0.717) is 6.61 Å². The van der Waals surface area contributed by atoms with E-state index in [0.717, 1.165) is 19.3 Å². The molecule has 112 valence electrons. The lowest BCUT2D eigenvalue weighted by atomic mass is 9.93. The zero-order valence-corrected chi connectivity index (χ0v) is 13.1. The highest BCUT2D eigenvalue weighted by Crippen LogP contribution is 2.23. The van der Waals surface area contributed by atoms with Gasteiger partial charge >= 0.3 is 11.9 Å². The third-order valence-electron chi connectivity index (χ3n) is 3.16. The smallest absolute Gasteiger partial charge is 0.323 e. The molecule has 1 unspecified atom stereocenters. The third kappa shape index (κ3) is 5.62. The first-order valence-electron chi connectivity index (χ1n) is 7.15. The van der Waals surface area contributed by atoms with Crippen LogP contribution in [-0.4, -0.2) is 24.6 Å². The van der Waals surface area contributed by atoms with Gasteiger partial charge in [-0.1, -0.05) is 34.1 Å². The molecule has 0 aliphatic heterocycles. The van der Waals surface area contributed by atoms with Gasteiger partial charge in [0.2, 0.25) is 0 Å². The molecule has 0 heterocycles. The number of carbonyl (C=O) groups excluding carboxylic acids is 2. The zero-order valence-electron chi connectivity index (χ0n) is 13.1. The summed E-state index contributed by atoms with van der Waals surface area (Å²) in [4.78, 5) is 24.0. The minimum atomic E-state index is -1.24. The van der Waals surface area contributed by atoms with Gasteiger partial charge < -0.3 is 9.47 Å². The molecule has 0 N–H and O–H groups in total. The van der Waals surface area contributed by atoms with Crippen molar-refractivity contribution in [2.24, 2.45) is 11.3 Å². The SMILES string of the molecule is CCCCOC(=O)C(C)(C)C(=O)OC(CC)C(C)C. The third-order valence-corrected chi connectivity index (χ3v) is 3.16. The second-order valence-electron chi connectivity index (χ2n) is 5.71. The summed E-state index contributed by atoms with van der Waals surface area (Å²) in [7, 11) is 0. The van der Waals surface area contributed by atoms with Crippen LogP contribution in [0.15, 0.2) is 0 Å². The number of hydrogen-bond donors (Lipinski definition) is 0. The number of rotatable bonds is 8. The fourth-order valence-electron chi connectivity index (χ4n) is 1.55. The average molecular weight is 272 g/mol. The van der Waals surface area contributed by atoms with Crippen molar-refractivity contribution >= 4 is 11.9 Å². The van der Waals surface area contributed by atoms with Crippen molar-refractivity contribution in [3.8, 4) is 0 Å². The molecule has 0 radical (unpaired) electrons. The summed E-state index contributed by atoms with van der Waals surface area (Å²) in [6.07, 6.45) is 2.34. The van der Waals surface area contributed by atoms with Gasteiger partial charge in [0.1, 0.15) is 6.10 Å². The van der Waals surface area contributed by atoms with Crippen LogP contribution >= 0.6 is 0 Å². The number of hydrogen-bond acceptors (Lipinski definition) is 4. The van der Waals surface area contributed by atoms with Gasteiger partial charge in [-0.3, -0.25) is 9.59 Å². The lowest BCUT2D eigenvalue weighted by Crippen LogP contribution is -2.39. The molecule has 0 bridgehead atoms. The van der Waals surface area contributed by atoms with Crippen LogP contribution in [0.1, 0.15) is 60.8 Å². The number of esters is 2. The van der Waals surface area contributed by atoms with Crippen molar-refractivity contribution in [2.45, 2.75) is 66.9 Å². The van der Waals surface area contributed by atoms with Crippen molar-refractivity contribution < 1.29 is 19.1 Å². The van der Waals surface area contributed by atoms with E-state index >= 15 is 0 Å². The Morgan fingerprint density at radius 3 is 2.11 bits per heavy atom. The van der Waals surface area contributed by atoms with Crippen LogP contribution in [0, 0.1) is 11.3 Å². The summed E-state index contributed by atoms with van der Waals surface area (Å²) in [5, 5.41) is 0. The monoisotopic (exact) mass is 272 g/mol. The fourth-order valence-corrected chi connectivity index (χ4v) is 1.55. The van der Waals surface area contributed by atoms with Gasteiger partial charge in [-0.05, 0) is 32.6 Å². The molecule has 0 fully saturated rings. The van der Waals surface area contributed by atoms with Gasteiger partial charge in [-0.25, -0.2) is 0 Å². The van der Waals surface area contributed by atoms with Crippen molar-refractivity contribution in [3.05, 3.63) is 0 Å². The highest BCUT2D eigenvalue weighted by atomic mass is 16.6. The van der Waals surface area contributed by atoms with Gasteiger partial charge in [0.15, 0.2) is 5.41 Å². The predicted octanol–water partition coefficient (Wildman–Crippen LogP) is 3.33. The molecule has 0 aromatic rings. The van der Waals surface area contributed by atoms with Crippen LogP contribution < -0.4 is 0 Å². The minimum absolute atomic E-state index is 0.157. The molecule has 19 heavy (non-hydrogen) atoms. The molecule has 1 atom stereocenters. The number of carbonyl (C=O) groups is 2. The highest BCUT2D eigenvalue weighted by Gasteiger charge is 2.40. The molecular formula is C15H28O4. The quantitative estimate of drug-likeness (QED) is 0.386. The molecule has 0 aromatic carbocycles. The van der Waals surface area contributed by atoms with Crippen LogP contribution in [0.5, 0.6) is 0 Å². The molecule has 0 aliphatic rings. The van der Waals surface area contributed by atoms with Crippen LogP contribution in [0.2, 0.25) is 0 Å². The Morgan fingerprint density at radius 2 is 1.68 bits per heavy atom. The molecule has 0 aromatic heterocycles. The van der Waals surface area contributed by atoms with Crippen LogP contribution in [0.25, 0.3) is 0 Å². The van der Waals surface area contributed by atoms with E-state index in [1.54, 1.807) is 13.8 Å². The molecule has 0 amide bonds. The van der Waals surface area contributed by atoms with Gasteiger partial charge in [0.25, 0.3) is 0 Å². The molecule has 0 rings (SSSR count). The van der Waals surface area contributed by atoms with E-state index in [1.807, 2.05) is 27.7 Å². The van der Waals surface area contributed by atoms with E-state index in [1.165, 1.54) is 0 Å². The first-order valence-corrected chi connectivity index (χ1v) is 7.15. The van der Waals surface area contributed by atoms with Gasteiger partial charge in [-0.15, -0.1) is 0 Å². The van der Waals surface area contributed by atoms with E-state index in [-0.39, 0.29) is 12.0 Å². The second-order valence-corrected chi connectivity index (χ2v) is 5.71. The maximum atomic E-state index is 12.1. The van der Waals surface area contributed by atoms with E-state index in [4.69, 9.17) is 9.47 Å². The Labute approximate surface area is 116 Å². The van der Waals surface area contributed by atoms with E-state index in [2.05, 4.69) is 0 Å². The van der Waals surface area contributed by atoms with Crippen LogP contribution in [0.4, 0.5) is 0 Å².